The van der Waals surface area contributed by atoms with E-state index < -0.39 is 11.9 Å². The fourth-order valence-electron chi connectivity index (χ4n) is 1.95. The van der Waals surface area contributed by atoms with Crippen LogP contribution in [0, 0.1) is 5.92 Å². The van der Waals surface area contributed by atoms with Crippen LogP contribution in [0.2, 0.25) is 0 Å². The molecule has 20 heavy (non-hydrogen) atoms. The fourth-order valence-corrected chi connectivity index (χ4v) is 1.95. The van der Waals surface area contributed by atoms with Crippen molar-refractivity contribution in [3.05, 3.63) is 23.8 Å². The van der Waals surface area contributed by atoms with Gasteiger partial charge in [0.15, 0.2) is 0 Å². The highest BCUT2D eigenvalue weighted by Gasteiger charge is 2.21. The Kier molecular flexibility index (Phi) is 6.03. The maximum atomic E-state index is 11.7. The summed E-state index contributed by atoms with van der Waals surface area (Å²) in [4.78, 5) is 23.0. The quantitative estimate of drug-likeness (QED) is 0.715. The fraction of sp³-hybridized carbons (Fsp3) is 0.467. The molecular formula is C15H20O5. The molecule has 5 heteroatoms. The minimum absolute atomic E-state index is 0.0553. The van der Waals surface area contributed by atoms with Crippen LogP contribution in [0.25, 0.3) is 0 Å². The van der Waals surface area contributed by atoms with Gasteiger partial charge in [0.05, 0.1) is 27.8 Å². The number of hydrogen-bond acceptors (Lipinski definition) is 5. The molecule has 0 radical (unpaired) electrons. The highest BCUT2D eigenvalue weighted by molar-refractivity contribution is 5.83. The summed E-state index contributed by atoms with van der Waals surface area (Å²) in [5, 5.41) is 0. The normalized spacial score (nSPS) is 11.6. The van der Waals surface area contributed by atoms with Crippen LogP contribution in [-0.2, 0) is 20.7 Å². The van der Waals surface area contributed by atoms with E-state index in [-0.39, 0.29) is 12.2 Å². The van der Waals surface area contributed by atoms with Crippen molar-refractivity contribution in [2.24, 2.45) is 5.92 Å². The lowest BCUT2D eigenvalue weighted by Crippen LogP contribution is -2.19. The van der Waals surface area contributed by atoms with E-state index in [1.54, 1.807) is 26.4 Å². The highest BCUT2D eigenvalue weighted by Crippen LogP contribution is 2.27. The van der Waals surface area contributed by atoms with Crippen LogP contribution >= 0.6 is 0 Å². The van der Waals surface area contributed by atoms with Gasteiger partial charge in [0.1, 0.15) is 17.3 Å². The van der Waals surface area contributed by atoms with Gasteiger partial charge in [-0.2, -0.15) is 0 Å². The average molecular weight is 280 g/mol. The van der Waals surface area contributed by atoms with E-state index in [9.17, 15) is 9.59 Å². The van der Waals surface area contributed by atoms with Gasteiger partial charge in [0.25, 0.3) is 0 Å². The molecule has 0 aliphatic rings. The van der Waals surface area contributed by atoms with Crippen LogP contribution in [0.5, 0.6) is 11.5 Å². The largest absolute Gasteiger partial charge is 0.497 e. The third kappa shape index (κ3) is 4.26. The van der Waals surface area contributed by atoms with E-state index in [1.165, 1.54) is 14.0 Å². The third-order valence-electron chi connectivity index (χ3n) is 3.17. The Labute approximate surface area is 118 Å². The summed E-state index contributed by atoms with van der Waals surface area (Å²) < 4.78 is 15.1. The van der Waals surface area contributed by atoms with E-state index >= 15 is 0 Å². The summed E-state index contributed by atoms with van der Waals surface area (Å²) in [5.41, 5.74) is 0.830. The van der Waals surface area contributed by atoms with E-state index in [1.807, 2.05) is 6.07 Å². The van der Waals surface area contributed by atoms with Gasteiger partial charge in [-0.15, -0.1) is 0 Å². The van der Waals surface area contributed by atoms with E-state index in [0.717, 1.165) is 5.56 Å². The highest BCUT2D eigenvalue weighted by atomic mass is 16.5. The van der Waals surface area contributed by atoms with Crippen molar-refractivity contribution in [1.29, 1.82) is 0 Å². The number of methoxy groups -OCH3 is 3. The predicted octanol–water partition coefficient (Wildman–Crippen LogP) is 2.01. The van der Waals surface area contributed by atoms with Crippen molar-refractivity contribution < 1.29 is 23.8 Å². The first-order valence-electron chi connectivity index (χ1n) is 6.30. The zero-order chi connectivity index (χ0) is 15.1. The maximum Gasteiger partial charge on any atom is 0.306 e. The van der Waals surface area contributed by atoms with Gasteiger partial charge >= 0.3 is 5.97 Å². The lowest BCUT2D eigenvalue weighted by molar-refractivity contribution is -0.143. The second-order valence-corrected chi connectivity index (χ2v) is 4.47. The molecule has 1 aromatic carbocycles. The van der Waals surface area contributed by atoms with Gasteiger partial charge in [0.2, 0.25) is 0 Å². The van der Waals surface area contributed by atoms with E-state index in [2.05, 4.69) is 4.74 Å². The molecule has 5 nitrogen and oxygen atoms in total. The Morgan fingerprint density at radius 3 is 2.35 bits per heavy atom. The molecule has 0 N–H and O–H groups in total. The average Bonchev–Trinajstić information content (AvgIpc) is 2.45. The van der Waals surface area contributed by atoms with Gasteiger partial charge in [-0.25, -0.2) is 0 Å². The van der Waals surface area contributed by atoms with Crippen LogP contribution in [0.1, 0.15) is 18.9 Å². The lowest BCUT2D eigenvalue weighted by Gasteiger charge is -2.15. The minimum Gasteiger partial charge on any atom is -0.497 e. The molecule has 0 saturated heterocycles. The Morgan fingerprint density at radius 1 is 1.15 bits per heavy atom. The Balaban J connectivity index is 2.97. The van der Waals surface area contributed by atoms with Crippen LogP contribution in [-0.4, -0.2) is 33.1 Å². The number of carbonyl (C=O) groups excluding carboxylic acids is 2. The summed E-state index contributed by atoms with van der Waals surface area (Å²) in [7, 11) is 4.45. The number of Topliss-reactive ketones (excluding diaryl/α,β-unsaturated/α-hetero) is 1. The van der Waals surface area contributed by atoms with E-state index in [4.69, 9.17) is 9.47 Å². The lowest BCUT2D eigenvalue weighted by atomic mass is 9.92. The first-order chi connectivity index (χ1) is 9.51. The maximum absolute atomic E-state index is 11.7. The Hall–Kier alpha value is -2.04. The molecule has 1 aromatic rings. The minimum atomic E-state index is -0.427. The molecule has 0 spiro atoms. The third-order valence-corrected chi connectivity index (χ3v) is 3.17. The SMILES string of the molecule is COC(=O)CC(Cc1cc(OC)ccc1OC)C(C)=O. The van der Waals surface area contributed by atoms with Gasteiger partial charge in [-0.1, -0.05) is 0 Å². The number of esters is 1. The van der Waals surface area contributed by atoms with Crippen LogP contribution in [0.15, 0.2) is 18.2 Å². The zero-order valence-corrected chi connectivity index (χ0v) is 12.3. The molecule has 1 rings (SSSR count). The summed E-state index contributed by atoms with van der Waals surface area (Å²) in [6.45, 7) is 1.47. The molecule has 0 fully saturated rings. The monoisotopic (exact) mass is 280 g/mol. The van der Waals surface area contributed by atoms with Crippen molar-refractivity contribution in [2.45, 2.75) is 19.8 Å². The molecule has 0 aliphatic heterocycles. The molecule has 0 heterocycles. The summed E-state index contributed by atoms with van der Waals surface area (Å²) in [6.07, 6.45) is 0.469. The van der Waals surface area contributed by atoms with E-state index in [0.29, 0.717) is 17.9 Å². The van der Waals surface area contributed by atoms with Gasteiger partial charge in [-0.3, -0.25) is 9.59 Å². The van der Waals surface area contributed by atoms with Gasteiger partial charge in [0, 0.05) is 5.92 Å². The van der Waals surface area contributed by atoms with Crippen molar-refractivity contribution in [2.75, 3.05) is 21.3 Å². The summed E-state index contributed by atoms with van der Waals surface area (Å²) in [6, 6.07) is 5.38. The number of ether oxygens (including phenoxy) is 3. The molecule has 1 atom stereocenters. The molecule has 0 amide bonds. The number of benzene rings is 1. The molecular weight excluding hydrogens is 260 g/mol. The molecule has 0 saturated carbocycles. The second kappa shape index (κ2) is 7.53. The Bertz CT molecular complexity index is 481. The molecule has 110 valence electrons. The first-order valence-corrected chi connectivity index (χ1v) is 6.30. The van der Waals surface area contributed by atoms with Crippen LogP contribution < -0.4 is 9.47 Å². The van der Waals surface area contributed by atoms with Gasteiger partial charge < -0.3 is 14.2 Å². The first kappa shape index (κ1) is 16.0. The second-order valence-electron chi connectivity index (χ2n) is 4.47. The number of hydrogen-bond donors (Lipinski definition) is 0. The van der Waals surface area contributed by atoms with Crippen molar-refractivity contribution in [3.8, 4) is 11.5 Å². The zero-order valence-electron chi connectivity index (χ0n) is 12.3. The molecule has 0 bridgehead atoms. The molecule has 0 aliphatic carbocycles. The number of carbonyl (C=O) groups is 2. The van der Waals surface area contributed by atoms with Crippen molar-refractivity contribution >= 4 is 11.8 Å². The van der Waals surface area contributed by atoms with Crippen molar-refractivity contribution in [3.63, 3.8) is 0 Å². The number of rotatable bonds is 7. The van der Waals surface area contributed by atoms with Crippen LogP contribution in [0.4, 0.5) is 0 Å². The standard InChI is InChI=1S/C15H20O5/c1-10(16)11(9-15(17)20-4)7-12-8-13(18-2)5-6-14(12)19-3/h5-6,8,11H,7,9H2,1-4H3. The summed E-state index contributed by atoms with van der Waals surface area (Å²) >= 11 is 0. The molecule has 0 aromatic heterocycles. The Morgan fingerprint density at radius 2 is 1.85 bits per heavy atom. The molecule has 1 unspecified atom stereocenters. The van der Waals surface area contributed by atoms with Crippen LogP contribution in [0.3, 0.4) is 0 Å². The van der Waals surface area contributed by atoms with Gasteiger partial charge in [-0.05, 0) is 37.1 Å². The summed E-state index contributed by atoms with van der Waals surface area (Å²) in [5.74, 6) is 0.471. The predicted molar refractivity (Wildman–Crippen MR) is 74.1 cm³/mol. The number of ketones is 1. The van der Waals surface area contributed by atoms with Crippen molar-refractivity contribution in [1.82, 2.24) is 0 Å². The topological polar surface area (TPSA) is 61.8 Å². The smallest absolute Gasteiger partial charge is 0.306 e.